The van der Waals surface area contributed by atoms with Gasteiger partial charge in [-0.05, 0) is 73.7 Å². The van der Waals surface area contributed by atoms with Gasteiger partial charge in [0, 0.05) is 70.0 Å². The van der Waals surface area contributed by atoms with Crippen LogP contribution in [0.2, 0.25) is 0 Å². The van der Waals surface area contributed by atoms with Crippen molar-refractivity contribution in [2.45, 2.75) is 43.3 Å². The van der Waals surface area contributed by atoms with Gasteiger partial charge in [0.25, 0.3) is 11.3 Å². The molecule has 1 aliphatic heterocycles. The molecule has 0 radical (unpaired) electrons. The predicted octanol–water partition coefficient (Wildman–Crippen LogP) is 2.25. The second kappa shape index (κ2) is 19.9. The van der Waals surface area contributed by atoms with Gasteiger partial charge in [0.1, 0.15) is 0 Å². The summed E-state index contributed by atoms with van der Waals surface area (Å²) in [6.45, 7) is 4.73. The second-order valence-electron chi connectivity index (χ2n) is 16.6. The van der Waals surface area contributed by atoms with E-state index in [4.69, 9.17) is 9.69 Å². The number of carboxylic acids is 1. The van der Waals surface area contributed by atoms with Gasteiger partial charge in [-0.15, -0.1) is 5.10 Å². The van der Waals surface area contributed by atoms with Crippen molar-refractivity contribution in [1.29, 1.82) is 0 Å². The first-order chi connectivity index (χ1) is 29.1. The number of nitrogens with zero attached hydrogens (tertiary/aromatic N) is 7. The minimum atomic E-state index is -3.49. The van der Waals surface area contributed by atoms with E-state index in [1.165, 1.54) is 10.1 Å². The Hall–Kier alpha value is -4.19. The number of ketones is 1. The van der Waals surface area contributed by atoms with Crippen LogP contribution in [0.5, 0.6) is 0 Å². The molecule has 3 heterocycles. The third kappa shape index (κ3) is 12.5. The zero-order valence-electron chi connectivity index (χ0n) is 34.1. The first-order valence-corrected chi connectivity index (χ1v) is 24.0. The molecule has 21 heteroatoms. The van der Waals surface area contributed by atoms with Crippen molar-refractivity contribution in [3.8, 4) is 11.3 Å². The number of Topliss-reactive ketones (excluding diaryl/α,β-unsaturated/α-hetero) is 1. The lowest BCUT2D eigenvalue weighted by atomic mass is 9.94. The van der Waals surface area contributed by atoms with Crippen molar-refractivity contribution >= 4 is 66.1 Å². The number of amides is 1. The zero-order chi connectivity index (χ0) is 43.3. The molecule has 1 amide bonds. The van der Waals surface area contributed by atoms with E-state index in [0.29, 0.717) is 99.3 Å². The number of hydrogen-bond acceptors (Lipinski definition) is 13. The molecule has 7 rings (SSSR count). The quantitative estimate of drug-likeness (QED) is 0.114. The fourth-order valence-corrected chi connectivity index (χ4v) is 11.2. The first-order valence-electron chi connectivity index (χ1n) is 20.5. The lowest BCUT2D eigenvalue weighted by molar-refractivity contribution is -0.138. The normalized spacial score (nSPS) is 23.3. The highest BCUT2D eigenvalue weighted by Gasteiger charge is 2.45. The molecular weight excluding hydrogens is 845 g/mol. The number of nitrogens with two attached hydrogens (primary N) is 1. The second-order valence-corrected chi connectivity index (χ2v) is 20.1. The van der Waals surface area contributed by atoms with Crippen molar-refractivity contribution < 1.29 is 36.7 Å². The largest absolute Gasteiger partial charge is 0.480 e. The topological polar surface area (TPSA) is 236 Å². The maximum Gasteiger partial charge on any atom is 0.317 e. The number of fused-ring (bicyclic) bond motifs is 2. The van der Waals surface area contributed by atoms with Crippen LogP contribution < -0.4 is 15.2 Å². The summed E-state index contributed by atoms with van der Waals surface area (Å²) >= 11 is -1.07. The van der Waals surface area contributed by atoms with Crippen LogP contribution in [-0.4, -0.2) is 158 Å². The molecular formula is C40H54N10O8S3. The Labute approximate surface area is 361 Å². The number of carboxylic acid groups (broad SMARTS) is 1. The SMILES string of the molecule is CN1CCN(CC(=O)Cc2ccc(-c3cn4nc(NS(=O)O)sc4n3)cc2)CCN(CC(=O)O)CCN(CC(=O)Nc2ccc(C3CC4CC(S(N)(=O)=O)CC4C3)cc2)CC1. The molecule has 0 bridgehead atoms. The molecule has 4 aromatic rings. The van der Waals surface area contributed by atoms with Crippen molar-refractivity contribution in [2.24, 2.45) is 17.0 Å². The Morgan fingerprint density at radius 3 is 2.02 bits per heavy atom. The average molecular weight is 899 g/mol. The molecule has 3 unspecified atom stereocenters. The number of sulfonamides is 1. The number of hydrogen-bond donors (Lipinski definition) is 5. The molecule has 18 nitrogen and oxygen atoms in total. The number of benzene rings is 2. The number of primary sulfonamides is 1. The minimum absolute atomic E-state index is 0.0495. The van der Waals surface area contributed by atoms with Gasteiger partial charge in [0.05, 0.1) is 36.8 Å². The molecule has 2 saturated carbocycles. The Bertz CT molecular complexity index is 2260. The van der Waals surface area contributed by atoms with Crippen LogP contribution in [0.1, 0.15) is 42.7 Å². The van der Waals surface area contributed by atoms with Crippen LogP contribution >= 0.6 is 11.3 Å². The Balaban J connectivity index is 0.885. The molecule has 3 atom stereocenters. The van der Waals surface area contributed by atoms with Gasteiger partial charge in [0.15, 0.2) is 5.78 Å². The number of nitrogens with one attached hydrogen (secondary N) is 2. The number of aliphatic carboxylic acids is 1. The van der Waals surface area contributed by atoms with Gasteiger partial charge in [-0.1, -0.05) is 47.7 Å². The monoisotopic (exact) mass is 898 g/mol. The molecule has 6 N–H and O–H groups in total. The van der Waals surface area contributed by atoms with E-state index in [0.717, 1.165) is 35.3 Å². The van der Waals surface area contributed by atoms with E-state index < -0.39 is 32.5 Å². The number of anilines is 2. The van der Waals surface area contributed by atoms with Crippen LogP contribution in [-0.2, 0) is 42.1 Å². The summed E-state index contributed by atoms with van der Waals surface area (Å²) in [7, 11) is -1.47. The zero-order valence-corrected chi connectivity index (χ0v) is 36.5. The predicted molar refractivity (Wildman–Crippen MR) is 234 cm³/mol. The smallest absolute Gasteiger partial charge is 0.317 e. The van der Waals surface area contributed by atoms with E-state index in [9.17, 15) is 32.1 Å². The molecule has 2 aliphatic carbocycles. The molecule has 3 fully saturated rings. The van der Waals surface area contributed by atoms with Gasteiger partial charge in [-0.2, -0.15) is 0 Å². The highest BCUT2D eigenvalue weighted by atomic mass is 32.2. The summed E-state index contributed by atoms with van der Waals surface area (Å²) in [5, 5.41) is 22.2. The van der Waals surface area contributed by atoms with Crippen LogP contribution in [0.3, 0.4) is 0 Å². The molecule has 1 saturated heterocycles. The van der Waals surface area contributed by atoms with E-state index in [2.05, 4.69) is 34.8 Å². The lowest BCUT2D eigenvalue weighted by Crippen LogP contribution is -2.48. The number of aromatic nitrogens is 3. The van der Waals surface area contributed by atoms with Gasteiger partial charge in [-0.3, -0.25) is 38.4 Å². The van der Waals surface area contributed by atoms with Crippen molar-refractivity contribution in [3.05, 3.63) is 65.9 Å². The number of imidazole rings is 1. The summed E-state index contributed by atoms with van der Waals surface area (Å²) in [5.41, 5.74) is 4.29. The van der Waals surface area contributed by atoms with Crippen molar-refractivity contribution in [3.63, 3.8) is 0 Å². The van der Waals surface area contributed by atoms with Crippen LogP contribution in [0.25, 0.3) is 16.2 Å². The molecule has 0 spiro atoms. The maximum atomic E-state index is 13.4. The first kappa shape index (κ1) is 44.9. The number of carbonyl (C=O) groups is 3. The third-order valence-corrected chi connectivity index (χ3v) is 14.8. The Kier molecular flexibility index (Phi) is 14.6. The van der Waals surface area contributed by atoms with Gasteiger partial charge in [0.2, 0.25) is 26.0 Å². The molecule has 330 valence electrons. The van der Waals surface area contributed by atoms with E-state index in [-0.39, 0.29) is 42.9 Å². The summed E-state index contributed by atoms with van der Waals surface area (Å²) in [4.78, 5) is 51.8. The Morgan fingerprint density at radius 2 is 1.44 bits per heavy atom. The highest BCUT2D eigenvalue weighted by Crippen LogP contribution is 2.51. The van der Waals surface area contributed by atoms with E-state index in [1.54, 1.807) is 6.20 Å². The van der Waals surface area contributed by atoms with Crippen LogP contribution in [0.4, 0.5) is 10.8 Å². The van der Waals surface area contributed by atoms with Gasteiger partial charge < -0.3 is 15.3 Å². The van der Waals surface area contributed by atoms with Gasteiger partial charge in [-0.25, -0.2) is 27.3 Å². The van der Waals surface area contributed by atoms with E-state index in [1.807, 2.05) is 60.5 Å². The maximum absolute atomic E-state index is 13.4. The molecule has 2 aromatic carbocycles. The summed E-state index contributed by atoms with van der Waals surface area (Å²) in [6, 6.07) is 15.5. The standard InChI is InChI=1S/C40H54N10O8S3/c1-46-10-12-47(23-34(51)18-27-2-4-29(5-3-27)36-24-50-40(43-36)59-39(44-50)45-60(55)56)14-16-49(26-38(53)54)17-15-48(13-11-46)25-37(52)42-33-8-6-28(7-9-33)30-19-31-21-35(61(41,57)58)22-32(31)20-30/h2-9,24,30-32,35H,10-23,25-26H2,1H3,(H,42,52)(H,44,45)(H,53,54)(H,55,56)(H2,41,57,58). The number of rotatable bonds is 14. The summed E-state index contributed by atoms with van der Waals surface area (Å²) in [5.74, 6) is 0.0743. The Morgan fingerprint density at radius 1 is 0.852 bits per heavy atom. The fourth-order valence-electron chi connectivity index (χ4n) is 8.93. The fraction of sp³-hybridized carbons (Fsp3) is 0.525. The summed E-state index contributed by atoms with van der Waals surface area (Å²) in [6.07, 6.45) is 5.15. The highest BCUT2D eigenvalue weighted by molar-refractivity contribution is 7.89. The lowest BCUT2D eigenvalue weighted by Gasteiger charge is -2.32. The summed E-state index contributed by atoms with van der Waals surface area (Å²) < 4.78 is 47.7. The van der Waals surface area contributed by atoms with Crippen molar-refractivity contribution in [1.82, 2.24) is 34.2 Å². The number of carbonyl (C=O) groups excluding carboxylic acids is 2. The van der Waals surface area contributed by atoms with E-state index >= 15 is 0 Å². The van der Waals surface area contributed by atoms with Gasteiger partial charge >= 0.3 is 5.97 Å². The molecule has 2 aromatic heterocycles. The molecule has 3 aliphatic rings. The average Bonchev–Trinajstić information content (AvgIpc) is 3.97. The van der Waals surface area contributed by atoms with Crippen molar-refractivity contribution in [2.75, 3.05) is 89.1 Å². The molecule has 61 heavy (non-hydrogen) atoms. The van der Waals surface area contributed by atoms with Crippen LogP contribution in [0.15, 0.2) is 54.7 Å². The van der Waals surface area contributed by atoms with Crippen LogP contribution in [0, 0.1) is 11.8 Å². The third-order valence-electron chi connectivity index (χ3n) is 12.2. The number of likely N-dealkylation sites (N-methyl/N-ethyl adjacent to an activating group) is 1. The minimum Gasteiger partial charge on any atom is -0.480 e.